The lowest BCUT2D eigenvalue weighted by Crippen LogP contribution is -2.54. The van der Waals surface area contributed by atoms with E-state index >= 15 is 0 Å². The fourth-order valence-corrected chi connectivity index (χ4v) is 3.38. The Hall–Kier alpha value is -1.07. The van der Waals surface area contributed by atoms with Crippen molar-refractivity contribution in [3.63, 3.8) is 0 Å². The van der Waals surface area contributed by atoms with E-state index in [0.29, 0.717) is 5.82 Å². The van der Waals surface area contributed by atoms with Crippen LogP contribution >= 0.6 is 0 Å². The van der Waals surface area contributed by atoms with Crippen LogP contribution < -0.4 is 5.73 Å². The van der Waals surface area contributed by atoms with E-state index in [1.54, 1.807) is 0 Å². The summed E-state index contributed by atoms with van der Waals surface area (Å²) in [5.74, 6) is 0.621. The number of rotatable bonds is 4. The second kappa shape index (κ2) is 5.92. The molecule has 3 heterocycles. The van der Waals surface area contributed by atoms with Crippen LogP contribution in [0.1, 0.15) is 25.7 Å². The predicted octanol–water partition coefficient (Wildman–Crippen LogP) is 1.03. The third kappa shape index (κ3) is 3.28. The van der Waals surface area contributed by atoms with Gasteiger partial charge in [-0.2, -0.15) is 5.10 Å². The highest BCUT2D eigenvalue weighted by molar-refractivity contribution is 5.23. The molecule has 0 saturated carbocycles. The molecule has 106 valence electrons. The van der Waals surface area contributed by atoms with Gasteiger partial charge in [0.15, 0.2) is 0 Å². The summed E-state index contributed by atoms with van der Waals surface area (Å²) >= 11 is 0. The smallest absolute Gasteiger partial charge is 0.145 e. The van der Waals surface area contributed by atoms with Crippen molar-refractivity contribution in [1.82, 2.24) is 19.6 Å². The molecule has 3 rings (SSSR count). The summed E-state index contributed by atoms with van der Waals surface area (Å²) in [6, 6.07) is 2.68. The molecule has 2 saturated heterocycles. The maximum Gasteiger partial charge on any atom is 0.145 e. The second-order valence-electron chi connectivity index (χ2n) is 5.84. The monoisotopic (exact) mass is 263 g/mol. The summed E-state index contributed by atoms with van der Waals surface area (Å²) in [5.41, 5.74) is 5.62. The molecule has 1 aromatic rings. The van der Waals surface area contributed by atoms with Crippen LogP contribution in [0.25, 0.3) is 0 Å². The van der Waals surface area contributed by atoms with Gasteiger partial charge in [0.05, 0.1) is 0 Å². The fourth-order valence-electron chi connectivity index (χ4n) is 3.38. The Morgan fingerprint density at radius 1 is 1.21 bits per heavy atom. The second-order valence-corrected chi connectivity index (χ2v) is 5.84. The molecule has 2 N–H and O–H groups in total. The highest BCUT2D eigenvalue weighted by Crippen LogP contribution is 2.21. The van der Waals surface area contributed by atoms with Gasteiger partial charge in [0, 0.05) is 45.0 Å². The molecule has 0 bridgehead atoms. The van der Waals surface area contributed by atoms with Gasteiger partial charge in [-0.25, -0.2) is 0 Å². The number of nitrogen functional groups attached to an aromatic ring is 1. The van der Waals surface area contributed by atoms with Crippen molar-refractivity contribution in [3.05, 3.63) is 12.3 Å². The van der Waals surface area contributed by atoms with Gasteiger partial charge in [-0.05, 0) is 31.9 Å². The van der Waals surface area contributed by atoms with Crippen molar-refractivity contribution in [1.29, 1.82) is 0 Å². The molecule has 0 spiro atoms. The van der Waals surface area contributed by atoms with Crippen molar-refractivity contribution >= 4 is 5.82 Å². The lowest BCUT2D eigenvalue weighted by Gasteiger charge is -2.44. The van der Waals surface area contributed by atoms with Crippen molar-refractivity contribution in [2.45, 2.75) is 38.3 Å². The van der Waals surface area contributed by atoms with Crippen LogP contribution in [-0.2, 0) is 6.54 Å². The minimum atomic E-state index is 0.621. The minimum Gasteiger partial charge on any atom is -0.382 e. The molecule has 5 nitrogen and oxygen atoms in total. The number of piperazine rings is 1. The zero-order chi connectivity index (χ0) is 13.1. The van der Waals surface area contributed by atoms with E-state index in [1.165, 1.54) is 52.0 Å². The third-order valence-electron chi connectivity index (χ3n) is 4.44. The highest BCUT2D eigenvalue weighted by Gasteiger charge is 2.28. The van der Waals surface area contributed by atoms with Crippen LogP contribution in [0.2, 0.25) is 0 Å². The maximum atomic E-state index is 5.62. The quantitative estimate of drug-likeness (QED) is 0.881. The summed E-state index contributed by atoms with van der Waals surface area (Å²) in [5, 5.41) is 4.23. The Balaban J connectivity index is 1.41. The minimum absolute atomic E-state index is 0.621. The molecule has 0 aromatic carbocycles. The molecule has 1 atom stereocenters. The summed E-state index contributed by atoms with van der Waals surface area (Å²) in [4.78, 5) is 5.31. The largest absolute Gasteiger partial charge is 0.382 e. The number of anilines is 1. The number of nitrogens with two attached hydrogens (primary N) is 1. The van der Waals surface area contributed by atoms with Crippen molar-refractivity contribution in [2.75, 3.05) is 38.5 Å². The van der Waals surface area contributed by atoms with Crippen LogP contribution in [-0.4, -0.2) is 58.3 Å². The molecule has 1 aromatic heterocycles. The standard InChI is InChI=1S/C14H25N5/c15-14-5-9-19(16-14)8-3-6-17-10-11-18-7-2-1-4-13(18)12-17/h5,9,13H,1-4,6-8,10-12H2,(H2,15,16). The molecular weight excluding hydrogens is 238 g/mol. The number of piperidine rings is 1. The molecule has 5 heteroatoms. The third-order valence-corrected chi connectivity index (χ3v) is 4.44. The van der Waals surface area contributed by atoms with Crippen molar-refractivity contribution in [3.8, 4) is 0 Å². The first kappa shape index (κ1) is 12.9. The molecule has 2 aliphatic rings. The van der Waals surface area contributed by atoms with Gasteiger partial charge in [-0.3, -0.25) is 9.58 Å². The zero-order valence-electron chi connectivity index (χ0n) is 11.7. The summed E-state index contributed by atoms with van der Waals surface area (Å²) in [7, 11) is 0. The zero-order valence-corrected chi connectivity index (χ0v) is 11.7. The molecule has 0 amide bonds. The van der Waals surface area contributed by atoms with Crippen LogP contribution in [0, 0.1) is 0 Å². The van der Waals surface area contributed by atoms with Crippen molar-refractivity contribution < 1.29 is 0 Å². The molecule has 0 radical (unpaired) electrons. The number of fused-ring (bicyclic) bond motifs is 1. The topological polar surface area (TPSA) is 50.3 Å². The van der Waals surface area contributed by atoms with Gasteiger partial charge >= 0.3 is 0 Å². The molecule has 0 aliphatic carbocycles. The highest BCUT2D eigenvalue weighted by atomic mass is 15.3. The molecule has 1 unspecified atom stereocenters. The van der Waals surface area contributed by atoms with Gasteiger partial charge in [0.2, 0.25) is 0 Å². The van der Waals surface area contributed by atoms with E-state index in [9.17, 15) is 0 Å². The van der Waals surface area contributed by atoms with E-state index in [2.05, 4.69) is 14.9 Å². The Kier molecular flexibility index (Phi) is 4.03. The van der Waals surface area contributed by atoms with E-state index in [0.717, 1.165) is 19.0 Å². The van der Waals surface area contributed by atoms with Crippen LogP contribution in [0.4, 0.5) is 5.82 Å². The summed E-state index contributed by atoms with van der Waals surface area (Å²) in [6.07, 6.45) is 7.34. The summed E-state index contributed by atoms with van der Waals surface area (Å²) in [6.45, 7) is 7.25. The molecule has 2 aliphatic heterocycles. The maximum absolute atomic E-state index is 5.62. The first-order chi connectivity index (χ1) is 9.31. The number of hydrogen-bond donors (Lipinski definition) is 1. The van der Waals surface area contributed by atoms with Crippen LogP contribution in [0.5, 0.6) is 0 Å². The first-order valence-corrected chi connectivity index (χ1v) is 7.56. The molecule has 19 heavy (non-hydrogen) atoms. The lowest BCUT2D eigenvalue weighted by molar-refractivity contribution is 0.0483. The van der Waals surface area contributed by atoms with Gasteiger partial charge in [-0.1, -0.05) is 6.42 Å². The molecular formula is C14H25N5. The Morgan fingerprint density at radius 3 is 3.00 bits per heavy atom. The van der Waals surface area contributed by atoms with Gasteiger partial charge in [0.1, 0.15) is 5.82 Å². The number of nitrogens with zero attached hydrogens (tertiary/aromatic N) is 4. The average Bonchev–Trinajstić information content (AvgIpc) is 2.84. The van der Waals surface area contributed by atoms with E-state index in [4.69, 9.17) is 5.73 Å². The van der Waals surface area contributed by atoms with E-state index in [1.807, 2.05) is 16.9 Å². The normalized spacial score (nSPS) is 25.4. The summed E-state index contributed by atoms with van der Waals surface area (Å²) < 4.78 is 1.95. The predicted molar refractivity (Wildman–Crippen MR) is 76.9 cm³/mol. The fraction of sp³-hybridized carbons (Fsp3) is 0.786. The van der Waals surface area contributed by atoms with Gasteiger partial charge < -0.3 is 10.6 Å². The number of hydrogen-bond acceptors (Lipinski definition) is 4. The lowest BCUT2D eigenvalue weighted by atomic mass is 9.99. The van der Waals surface area contributed by atoms with Crippen molar-refractivity contribution in [2.24, 2.45) is 0 Å². The van der Waals surface area contributed by atoms with Crippen LogP contribution in [0.15, 0.2) is 12.3 Å². The first-order valence-electron chi connectivity index (χ1n) is 7.56. The Bertz CT molecular complexity index is 402. The van der Waals surface area contributed by atoms with E-state index in [-0.39, 0.29) is 0 Å². The SMILES string of the molecule is Nc1ccn(CCCN2CCN3CCCCC3C2)n1. The molecule has 2 fully saturated rings. The average molecular weight is 263 g/mol. The Labute approximate surface area is 115 Å². The Morgan fingerprint density at radius 2 is 2.16 bits per heavy atom. The van der Waals surface area contributed by atoms with E-state index < -0.39 is 0 Å². The van der Waals surface area contributed by atoms with Crippen LogP contribution in [0.3, 0.4) is 0 Å². The van der Waals surface area contributed by atoms with Gasteiger partial charge in [0.25, 0.3) is 0 Å². The number of aromatic nitrogens is 2. The van der Waals surface area contributed by atoms with Gasteiger partial charge in [-0.15, -0.1) is 0 Å². The number of aryl methyl sites for hydroxylation is 1.